The van der Waals surface area contributed by atoms with Crippen LogP contribution >= 0.6 is 11.3 Å². The number of hydrogen-bond donors (Lipinski definition) is 1. The van der Waals surface area contributed by atoms with Gasteiger partial charge in [-0.3, -0.25) is 9.59 Å². The van der Waals surface area contributed by atoms with Gasteiger partial charge in [0.15, 0.2) is 0 Å². The summed E-state index contributed by atoms with van der Waals surface area (Å²) in [4.78, 5) is 30.5. The molecule has 0 aromatic carbocycles. The molecule has 2 aliphatic rings. The molecular weight excluding hydrogens is 322 g/mol. The van der Waals surface area contributed by atoms with Gasteiger partial charge in [0.1, 0.15) is 0 Å². The third-order valence-electron chi connectivity index (χ3n) is 5.15. The highest BCUT2D eigenvalue weighted by molar-refractivity contribution is 7.09. The first-order valence-corrected chi connectivity index (χ1v) is 10.0. The fraction of sp³-hybridized carbons (Fsp3) is 0.722. The number of thiazole rings is 1. The van der Waals surface area contributed by atoms with Crippen molar-refractivity contribution in [1.29, 1.82) is 0 Å². The SMILES string of the molecule is CCC(=O)N1CCC[C@@H](c2nc(CCNC(=O)C3CCC3)cs2)C1. The van der Waals surface area contributed by atoms with Gasteiger partial charge in [-0.15, -0.1) is 11.3 Å². The number of hydrogen-bond acceptors (Lipinski definition) is 4. The summed E-state index contributed by atoms with van der Waals surface area (Å²) in [5, 5.41) is 6.27. The predicted octanol–water partition coefficient (Wildman–Crippen LogP) is 2.72. The molecule has 1 saturated heterocycles. The molecule has 0 bridgehead atoms. The van der Waals surface area contributed by atoms with Gasteiger partial charge in [-0.05, 0) is 25.7 Å². The number of carbonyl (C=O) groups excluding carboxylic acids is 2. The summed E-state index contributed by atoms with van der Waals surface area (Å²) >= 11 is 1.70. The van der Waals surface area contributed by atoms with Gasteiger partial charge in [0.25, 0.3) is 0 Å². The van der Waals surface area contributed by atoms with E-state index < -0.39 is 0 Å². The number of likely N-dealkylation sites (tertiary alicyclic amines) is 1. The lowest BCUT2D eigenvalue weighted by atomic mass is 9.85. The Hall–Kier alpha value is -1.43. The van der Waals surface area contributed by atoms with Crippen molar-refractivity contribution in [3.8, 4) is 0 Å². The lowest BCUT2D eigenvalue weighted by Crippen LogP contribution is -2.38. The third kappa shape index (κ3) is 4.15. The van der Waals surface area contributed by atoms with E-state index in [4.69, 9.17) is 4.98 Å². The molecule has 5 nitrogen and oxygen atoms in total. The Morgan fingerprint density at radius 2 is 2.17 bits per heavy atom. The van der Waals surface area contributed by atoms with Crippen LogP contribution in [0.15, 0.2) is 5.38 Å². The van der Waals surface area contributed by atoms with Gasteiger partial charge in [-0.25, -0.2) is 4.98 Å². The Morgan fingerprint density at radius 3 is 2.88 bits per heavy atom. The molecule has 0 radical (unpaired) electrons. The molecule has 1 aliphatic carbocycles. The number of amides is 2. The summed E-state index contributed by atoms with van der Waals surface area (Å²) < 4.78 is 0. The molecule has 24 heavy (non-hydrogen) atoms. The van der Waals surface area contributed by atoms with Crippen molar-refractivity contribution in [2.45, 2.75) is 57.8 Å². The number of piperidine rings is 1. The van der Waals surface area contributed by atoms with Crippen LogP contribution in [0.5, 0.6) is 0 Å². The molecule has 1 aromatic rings. The Bertz CT molecular complexity index is 583. The zero-order chi connectivity index (χ0) is 16.9. The summed E-state index contributed by atoms with van der Waals surface area (Å²) in [6.07, 6.45) is 6.81. The number of nitrogens with one attached hydrogen (secondary N) is 1. The monoisotopic (exact) mass is 349 g/mol. The van der Waals surface area contributed by atoms with Gasteiger partial charge in [0.05, 0.1) is 10.7 Å². The highest BCUT2D eigenvalue weighted by Gasteiger charge is 2.26. The molecule has 3 rings (SSSR count). The first kappa shape index (κ1) is 17.4. The third-order valence-corrected chi connectivity index (χ3v) is 6.21. The largest absolute Gasteiger partial charge is 0.355 e. The lowest BCUT2D eigenvalue weighted by Gasteiger charge is -2.31. The molecule has 0 spiro atoms. The number of carbonyl (C=O) groups is 2. The molecule has 2 fully saturated rings. The van der Waals surface area contributed by atoms with Gasteiger partial charge in [0.2, 0.25) is 11.8 Å². The normalized spacial score (nSPS) is 21.4. The number of rotatable bonds is 6. The van der Waals surface area contributed by atoms with E-state index >= 15 is 0 Å². The van der Waals surface area contributed by atoms with E-state index in [1.165, 1.54) is 6.42 Å². The van der Waals surface area contributed by atoms with Crippen molar-refractivity contribution in [3.63, 3.8) is 0 Å². The second-order valence-electron chi connectivity index (χ2n) is 6.88. The van der Waals surface area contributed by atoms with Crippen LogP contribution in [-0.2, 0) is 16.0 Å². The molecule has 0 unspecified atom stereocenters. The average molecular weight is 350 g/mol. The van der Waals surface area contributed by atoms with E-state index in [1.807, 2.05) is 11.8 Å². The molecular formula is C18H27N3O2S. The van der Waals surface area contributed by atoms with Gasteiger partial charge in [-0.2, -0.15) is 0 Å². The quantitative estimate of drug-likeness (QED) is 0.859. The predicted molar refractivity (Wildman–Crippen MR) is 95.0 cm³/mol. The van der Waals surface area contributed by atoms with E-state index in [1.54, 1.807) is 11.3 Å². The van der Waals surface area contributed by atoms with Crippen molar-refractivity contribution in [2.75, 3.05) is 19.6 Å². The molecule has 2 amide bonds. The van der Waals surface area contributed by atoms with Gasteiger partial charge in [0, 0.05) is 49.7 Å². The maximum absolute atomic E-state index is 11.9. The summed E-state index contributed by atoms with van der Waals surface area (Å²) in [5.74, 6) is 1.07. The van der Waals surface area contributed by atoms with Crippen molar-refractivity contribution < 1.29 is 9.59 Å². The molecule has 1 atom stereocenters. The van der Waals surface area contributed by atoms with Crippen LogP contribution in [0.2, 0.25) is 0 Å². The summed E-state index contributed by atoms with van der Waals surface area (Å²) in [5.41, 5.74) is 1.06. The van der Waals surface area contributed by atoms with Crippen LogP contribution in [-0.4, -0.2) is 41.3 Å². The van der Waals surface area contributed by atoms with E-state index in [0.717, 1.165) is 55.9 Å². The molecule has 1 saturated carbocycles. The maximum Gasteiger partial charge on any atom is 0.223 e. The van der Waals surface area contributed by atoms with Crippen molar-refractivity contribution in [3.05, 3.63) is 16.1 Å². The van der Waals surface area contributed by atoms with Crippen molar-refractivity contribution in [2.24, 2.45) is 5.92 Å². The molecule has 1 N–H and O–H groups in total. The zero-order valence-electron chi connectivity index (χ0n) is 14.4. The Morgan fingerprint density at radius 1 is 1.33 bits per heavy atom. The first-order valence-electron chi connectivity index (χ1n) is 9.17. The molecule has 2 heterocycles. The second kappa shape index (κ2) is 8.10. The Kier molecular flexibility index (Phi) is 5.87. The van der Waals surface area contributed by atoms with E-state index in [2.05, 4.69) is 10.7 Å². The van der Waals surface area contributed by atoms with Gasteiger partial charge < -0.3 is 10.2 Å². The zero-order valence-corrected chi connectivity index (χ0v) is 15.2. The first-order chi connectivity index (χ1) is 11.7. The van der Waals surface area contributed by atoms with Crippen LogP contribution in [0.3, 0.4) is 0 Å². The van der Waals surface area contributed by atoms with E-state index in [9.17, 15) is 9.59 Å². The second-order valence-corrected chi connectivity index (χ2v) is 7.77. The minimum Gasteiger partial charge on any atom is -0.355 e. The van der Waals surface area contributed by atoms with Gasteiger partial charge in [-0.1, -0.05) is 13.3 Å². The van der Waals surface area contributed by atoms with E-state index in [0.29, 0.717) is 18.9 Å². The minimum atomic E-state index is 0.206. The Labute approximate surface area is 147 Å². The summed E-state index contributed by atoms with van der Waals surface area (Å²) in [6, 6.07) is 0. The average Bonchev–Trinajstić information content (AvgIpc) is 3.01. The summed E-state index contributed by atoms with van der Waals surface area (Å²) in [7, 11) is 0. The Balaban J connectivity index is 1.47. The topological polar surface area (TPSA) is 62.3 Å². The maximum atomic E-state index is 11.9. The van der Waals surface area contributed by atoms with Crippen LogP contribution in [0.1, 0.15) is 62.1 Å². The number of nitrogens with zero attached hydrogens (tertiary/aromatic N) is 2. The van der Waals surface area contributed by atoms with Crippen LogP contribution in [0.4, 0.5) is 0 Å². The summed E-state index contributed by atoms with van der Waals surface area (Å²) in [6.45, 7) is 4.28. The molecule has 1 aromatic heterocycles. The smallest absolute Gasteiger partial charge is 0.223 e. The van der Waals surface area contributed by atoms with Gasteiger partial charge >= 0.3 is 0 Å². The highest BCUT2D eigenvalue weighted by Crippen LogP contribution is 2.30. The van der Waals surface area contributed by atoms with Crippen LogP contribution in [0.25, 0.3) is 0 Å². The van der Waals surface area contributed by atoms with Crippen molar-refractivity contribution >= 4 is 23.2 Å². The molecule has 1 aliphatic heterocycles. The van der Waals surface area contributed by atoms with Crippen LogP contribution < -0.4 is 5.32 Å². The van der Waals surface area contributed by atoms with E-state index in [-0.39, 0.29) is 17.7 Å². The fourth-order valence-corrected chi connectivity index (χ4v) is 4.36. The number of aromatic nitrogens is 1. The highest BCUT2D eigenvalue weighted by atomic mass is 32.1. The molecule has 132 valence electrons. The molecule has 6 heteroatoms. The fourth-order valence-electron chi connectivity index (χ4n) is 3.38. The van der Waals surface area contributed by atoms with Crippen LogP contribution in [0, 0.1) is 5.92 Å². The minimum absolute atomic E-state index is 0.206. The lowest BCUT2D eigenvalue weighted by molar-refractivity contribution is -0.132. The van der Waals surface area contributed by atoms with Crippen molar-refractivity contribution in [1.82, 2.24) is 15.2 Å². The standard InChI is InChI=1S/C18H27N3O2S/c1-2-16(22)21-10-4-7-14(11-21)18-20-15(12-24-18)8-9-19-17(23)13-5-3-6-13/h12-14H,2-11H2,1H3,(H,19,23)/t14-/m1/s1.